The number of carbonyl (C=O) groups is 1. The standard InChI is InChI=1S/C24H35NO4/c1-4-22-14-21(13-20(12-18(2)3)15-23-27-10-11-28-23)16-25(22)24(26)29-17-19-8-6-5-7-9-19/h5-9,14,18,20,22-23H,4,10-13,15-17H2,1-3H3/t20-,22+/m0/s1. The molecule has 1 aromatic rings. The average molecular weight is 402 g/mol. The topological polar surface area (TPSA) is 48.0 Å². The van der Waals surface area contributed by atoms with Crippen molar-refractivity contribution in [1.29, 1.82) is 0 Å². The summed E-state index contributed by atoms with van der Waals surface area (Å²) in [6.45, 7) is 9.00. The second-order valence-corrected chi connectivity index (χ2v) is 8.58. The normalized spacial score (nSPS) is 20.9. The third-order valence-corrected chi connectivity index (χ3v) is 5.63. The van der Waals surface area contributed by atoms with Crippen LogP contribution in [0, 0.1) is 11.8 Å². The number of amides is 1. The lowest BCUT2D eigenvalue weighted by Gasteiger charge is -2.24. The third-order valence-electron chi connectivity index (χ3n) is 5.63. The van der Waals surface area contributed by atoms with Gasteiger partial charge in [0.15, 0.2) is 6.29 Å². The van der Waals surface area contributed by atoms with Gasteiger partial charge in [0.1, 0.15) is 6.61 Å². The van der Waals surface area contributed by atoms with E-state index in [9.17, 15) is 4.79 Å². The quantitative estimate of drug-likeness (QED) is 0.536. The van der Waals surface area contributed by atoms with Crippen LogP contribution in [0.25, 0.3) is 0 Å². The molecule has 0 bridgehead atoms. The fourth-order valence-corrected chi connectivity index (χ4v) is 4.34. The molecule has 0 aliphatic carbocycles. The van der Waals surface area contributed by atoms with Crippen molar-refractivity contribution in [2.45, 2.75) is 65.4 Å². The number of nitrogens with zero attached hydrogens (tertiary/aromatic N) is 1. The Morgan fingerprint density at radius 2 is 1.93 bits per heavy atom. The van der Waals surface area contributed by atoms with Crippen molar-refractivity contribution < 1.29 is 19.0 Å². The van der Waals surface area contributed by atoms with Gasteiger partial charge in [-0.25, -0.2) is 4.79 Å². The van der Waals surface area contributed by atoms with E-state index in [1.54, 1.807) is 0 Å². The minimum Gasteiger partial charge on any atom is -0.445 e. The van der Waals surface area contributed by atoms with Crippen molar-refractivity contribution in [3.8, 4) is 0 Å². The predicted octanol–water partition coefficient (Wildman–Crippen LogP) is 5.16. The van der Waals surface area contributed by atoms with E-state index in [0.717, 1.165) is 31.2 Å². The van der Waals surface area contributed by atoms with Gasteiger partial charge in [-0.3, -0.25) is 4.90 Å². The van der Waals surface area contributed by atoms with Crippen molar-refractivity contribution in [3.63, 3.8) is 0 Å². The van der Waals surface area contributed by atoms with Crippen LogP contribution in [0.5, 0.6) is 0 Å². The molecule has 1 amide bonds. The van der Waals surface area contributed by atoms with E-state index in [4.69, 9.17) is 14.2 Å². The maximum atomic E-state index is 12.7. The maximum Gasteiger partial charge on any atom is 0.410 e. The monoisotopic (exact) mass is 401 g/mol. The first-order chi connectivity index (χ1) is 14.0. The van der Waals surface area contributed by atoms with E-state index in [0.29, 0.717) is 38.2 Å². The Bertz CT molecular complexity index is 667. The van der Waals surface area contributed by atoms with Gasteiger partial charge >= 0.3 is 6.09 Å². The lowest BCUT2D eigenvalue weighted by Crippen LogP contribution is -2.36. The van der Waals surface area contributed by atoms with E-state index >= 15 is 0 Å². The molecule has 2 aliphatic heterocycles. The van der Waals surface area contributed by atoms with E-state index < -0.39 is 0 Å². The van der Waals surface area contributed by atoms with Gasteiger partial charge < -0.3 is 14.2 Å². The minimum absolute atomic E-state index is 0.0744. The molecule has 160 valence electrons. The van der Waals surface area contributed by atoms with Gasteiger partial charge in [0.25, 0.3) is 0 Å². The van der Waals surface area contributed by atoms with E-state index in [2.05, 4.69) is 26.8 Å². The number of rotatable bonds is 9. The summed E-state index contributed by atoms with van der Waals surface area (Å²) in [5.74, 6) is 1.12. The molecule has 5 heteroatoms. The van der Waals surface area contributed by atoms with Gasteiger partial charge in [0.05, 0.1) is 19.3 Å². The molecular weight excluding hydrogens is 366 g/mol. The Hall–Kier alpha value is -1.85. The number of hydrogen-bond donors (Lipinski definition) is 0. The molecule has 2 heterocycles. The first kappa shape index (κ1) is 21.8. The first-order valence-electron chi connectivity index (χ1n) is 10.9. The average Bonchev–Trinajstić information content (AvgIpc) is 3.36. The zero-order valence-electron chi connectivity index (χ0n) is 18.0. The minimum atomic E-state index is -0.227. The highest BCUT2D eigenvalue weighted by atomic mass is 16.7. The van der Waals surface area contributed by atoms with Crippen molar-refractivity contribution in [2.24, 2.45) is 11.8 Å². The molecule has 1 aromatic carbocycles. The molecule has 1 saturated heterocycles. The first-order valence-corrected chi connectivity index (χ1v) is 10.9. The molecule has 0 N–H and O–H groups in total. The van der Waals surface area contributed by atoms with Crippen LogP contribution in [0.3, 0.4) is 0 Å². The summed E-state index contributed by atoms with van der Waals surface area (Å²) >= 11 is 0. The summed E-state index contributed by atoms with van der Waals surface area (Å²) in [5.41, 5.74) is 2.34. The Morgan fingerprint density at radius 1 is 1.21 bits per heavy atom. The van der Waals surface area contributed by atoms with Crippen LogP contribution in [-0.4, -0.2) is 43.1 Å². The lowest BCUT2D eigenvalue weighted by molar-refractivity contribution is -0.0583. The Morgan fingerprint density at radius 3 is 2.59 bits per heavy atom. The largest absolute Gasteiger partial charge is 0.445 e. The molecule has 3 rings (SSSR count). The molecule has 29 heavy (non-hydrogen) atoms. The number of carbonyl (C=O) groups excluding carboxylic acids is 1. The van der Waals surface area contributed by atoms with Crippen molar-refractivity contribution in [2.75, 3.05) is 19.8 Å². The van der Waals surface area contributed by atoms with Gasteiger partial charge in [0.2, 0.25) is 0 Å². The number of ether oxygens (including phenoxy) is 3. The zero-order valence-corrected chi connectivity index (χ0v) is 18.0. The second-order valence-electron chi connectivity index (χ2n) is 8.58. The lowest BCUT2D eigenvalue weighted by atomic mass is 9.88. The van der Waals surface area contributed by atoms with Crippen LogP contribution in [0.4, 0.5) is 4.79 Å². The summed E-state index contributed by atoms with van der Waals surface area (Å²) in [5, 5.41) is 0. The number of hydrogen-bond acceptors (Lipinski definition) is 4. The van der Waals surface area contributed by atoms with E-state index in [1.807, 2.05) is 35.2 Å². The van der Waals surface area contributed by atoms with Crippen LogP contribution in [-0.2, 0) is 20.8 Å². The smallest absolute Gasteiger partial charge is 0.410 e. The molecule has 0 saturated carbocycles. The molecule has 2 atom stereocenters. The van der Waals surface area contributed by atoms with E-state index in [-0.39, 0.29) is 18.4 Å². The van der Waals surface area contributed by atoms with Gasteiger partial charge in [-0.15, -0.1) is 0 Å². The third kappa shape index (κ3) is 6.58. The van der Waals surface area contributed by atoms with Crippen molar-refractivity contribution >= 4 is 6.09 Å². The molecule has 5 nitrogen and oxygen atoms in total. The van der Waals surface area contributed by atoms with Gasteiger partial charge in [-0.05, 0) is 36.7 Å². The fourth-order valence-electron chi connectivity index (χ4n) is 4.34. The summed E-state index contributed by atoms with van der Waals surface area (Å²) in [7, 11) is 0. The zero-order chi connectivity index (χ0) is 20.6. The highest BCUT2D eigenvalue weighted by molar-refractivity contribution is 5.69. The summed E-state index contributed by atoms with van der Waals surface area (Å²) in [4.78, 5) is 14.6. The van der Waals surface area contributed by atoms with Crippen molar-refractivity contribution in [3.05, 3.63) is 47.5 Å². The van der Waals surface area contributed by atoms with Gasteiger partial charge in [0, 0.05) is 13.0 Å². The predicted molar refractivity (Wildman–Crippen MR) is 113 cm³/mol. The molecular formula is C24H35NO4. The SMILES string of the molecule is CC[C@@H]1C=C(C[C@H](CC(C)C)CC2OCCO2)CN1C(=O)OCc1ccccc1. The summed E-state index contributed by atoms with van der Waals surface area (Å²) in [6, 6.07) is 9.95. The highest BCUT2D eigenvalue weighted by Gasteiger charge is 2.31. The summed E-state index contributed by atoms with van der Waals surface area (Å²) in [6.07, 6.45) is 5.91. The van der Waals surface area contributed by atoms with Crippen LogP contribution in [0.2, 0.25) is 0 Å². The van der Waals surface area contributed by atoms with Crippen molar-refractivity contribution in [1.82, 2.24) is 4.90 Å². The molecule has 0 unspecified atom stereocenters. The van der Waals surface area contributed by atoms with E-state index in [1.165, 1.54) is 5.57 Å². The second kappa shape index (κ2) is 10.8. The Kier molecular flexibility index (Phi) is 8.13. The summed E-state index contributed by atoms with van der Waals surface area (Å²) < 4.78 is 16.9. The molecule has 0 aromatic heterocycles. The van der Waals surface area contributed by atoms with Crippen LogP contribution >= 0.6 is 0 Å². The van der Waals surface area contributed by atoms with Gasteiger partial charge in [-0.1, -0.05) is 62.8 Å². The fraction of sp³-hybridized carbons (Fsp3) is 0.625. The van der Waals surface area contributed by atoms with Gasteiger partial charge in [-0.2, -0.15) is 0 Å². The van der Waals surface area contributed by atoms with Crippen LogP contribution in [0.15, 0.2) is 42.0 Å². The Labute approximate surface area is 175 Å². The Balaban J connectivity index is 1.55. The van der Waals surface area contributed by atoms with Crippen LogP contribution < -0.4 is 0 Å². The number of benzene rings is 1. The van der Waals surface area contributed by atoms with Crippen LogP contribution in [0.1, 0.15) is 52.0 Å². The highest BCUT2D eigenvalue weighted by Crippen LogP contribution is 2.31. The molecule has 1 fully saturated rings. The maximum absolute atomic E-state index is 12.7. The molecule has 2 aliphatic rings. The molecule has 0 radical (unpaired) electrons. The molecule has 0 spiro atoms.